The molecule has 126 valence electrons. The third-order valence-electron chi connectivity index (χ3n) is 4.04. The predicted octanol–water partition coefficient (Wildman–Crippen LogP) is 2.38. The summed E-state index contributed by atoms with van der Waals surface area (Å²) in [5.74, 6) is 0.744. The van der Waals surface area contributed by atoms with Crippen molar-refractivity contribution in [1.29, 1.82) is 0 Å². The molecule has 0 spiro atoms. The number of halogens is 2. The molecule has 1 unspecified atom stereocenters. The van der Waals surface area contributed by atoms with Gasteiger partial charge in [-0.25, -0.2) is 0 Å². The summed E-state index contributed by atoms with van der Waals surface area (Å²) in [6.07, 6.45) is 2.52. The summed E-state index contributed by atoms with van der Waals surface area (Å²) >= 11 is 0. The van der Waals surface area contributed by atoms with Gasteiger partial charge < -0.3 is 16.0 Å². The van der Waals surface area contributed by atoms with Crippen LogP contribution in [0, 0.1) is 5.92 Å². The molecule has 1 aromatic carbocycles. The molecule has 3 N–H and O–H groups in total. The van der Waals surface area contributed by atoms with Gasteiger partial charge in [0.05, 0.1) is 0 Å². The number of carbonyl (C=O) groups is 1. The van der Waals surface area contributed by atoms with Crippen molar-refractivity contribution >= 4 is 30.7 Å². The second-order valence-electron chi connectivity index (χ2n) is 5.70. The summed E-state index contributed by atoms with van der Waals surface area (Å²) < 4.78 is 0. The van der Waals surface area contributed by atoms with Crippen molar-refractivity contribution in [3.63, 3.8) is 0 Å². The van der Waals surface area contributed by atoms with E-state index < -0.39 is 6.04 Å². The van der Waals surface area contributed by atoms with E-state index in [2.05, 4.69) is 17.1 Å². The number of rotatable bonds is 5. The molecular formula is C16H27Cl2N3O. The normalized spacial score (nSPS) is 17.0. The highest BCUT2D eigenvalue weighted by Gasteiger charge is 2.17. The van der Waals surface area contributed by atoms with E-state index in [9.17, 15) is 4.79 Å². The Morgan fingerprint density at radius 2 is 1.86 bits per heavy atom. The minimum atomic E-state index is -0.572. The van der Waals surface area contributed by atoms with Crippen molar-refractivity contribution in [2.75, 3.05) is 26.2 Å². The van der Waals surface area contributed by atoms with E-state index in [-0.39, 0.29) is 30.7 Å². The van der Waals surface area contributed by atoms with Gasteiger partial charge in [0.1, 0.15) is 6.04 Å². The topological polar surface area (TPSA) is 58.4 Å². The molecule has 1 aliphatic heterocycles. The maximum absolute atomic E-state index is 12.0. The molecule has 22 heavy (non-hydrogen) atoms. The van der Waals surface area contributed by atoms with Gasteiger partial charge in [0.15, 0.2) is 0 Å². The fourth-order valence-corrected chi connectivity index (χ4v) is 2.54. The summed E-state index contributed by atoms with van der Waals surface area (Å²) in [6, 6.07) is 8.92. The first-order chi connectivity index (χ1) is 9.66. The van der Waals surface area contributed by atoms with Crippen LogP contribution < -0.4 is 11.1 Å². The Labute approximate surface area is 145 Å². The predicted molar refractivity (Wildman–Crippen MR) is 95.7 cm³/mol. The van der Waals surface area contributed by atoms with Gasteiger partial charge in [-0.15, -0.1) is 24.8 Å². The first-order valence-corrected chi connectivity index (χ1v) is 7.47. The third kappa shape index (κ3) is 6.53. The largest absolute Gasteiger partial charge is 0.353 e. The van der Waals surface area contributed by atoms with Crippen molar-refractivity contribution in [2.24, 2.45) is 11.7 Å². The Morgan fingerprint density at radius 1 is 1.27 bits per heavy atom. The molecule has 0 aliphatic carbocycles. The van der Waals surface area contributed by atoms with E-state index in [0.29, 0.717) is 6.54 Å². The van der Waals surface area contributed by atoms with Gasteiger partial charge in [-0.05, 0) is 37.4 Å². The third-order valence-corrected chi connectivity index (χ3v) is 4.04. The zero-order valence-corrected chi connectivity index (χ0v) is 14.7. The molecule has 0 aromatic heterocycles. The lowest BCUT2D eigenvalue weighted by atomic mass is 9.99. The summed E-state index contributed by atoms with van der Waals surface area (Å²) in [5.41, 5.74) is 6.81. The lowest BCUT2D eigenvalue weighted by Crippen LogP contribution is -2.41. The fraction of sp³-hybridized carbons (Fsp3) is 0.562. The molecule has 0 bridgehead atoms. The second kappa shape index (κ2) is 10.8. The maximum atomic E-state index is 12.0. The first kappa shape index (κ1) is 21.2. The van der Waals surface area contributed by atoms with Crippen LogP contribution in [0.2, 0.25) is 0 Å². The molecule has 0 radical (unpaired) electrons. The molecule has 1 heterocycles. The smallest absolute Gasteiger partial charge is 0.241 e. The Bertz CT molecular complexity index is 423. The molecule has 6 heteroatoms. The summed E-state index contributed by atoms with van der Waals surface area (Å²) in [4.78, 5) is 14.4. The first-order valence-electron chi connectivity index (χ1n) is 7.47. The monoisotopic (exact) mass is 347 g/mol. The van der Waals surface area contributed by atoms with Crippen molar-refractivity contribution in [3.8, 4) is 0 Å². The van der Waals surface area contributed by atoms with Crippen molar-refractivity contribution < 1.29 is 4.79 Å². The van der Waals surface area contributed by atoms with Crippen molar-refractivity contribution in [2.45, 2.75) is 25.8 Å². The van der Waals surface area contributed by atoms with Crippen LogP contribution in [0.15, 0.2) is 30.3 Å². The van der Waals surface area contributed by atoms with Crippen molar-refractivity contribution in [1.82, 2.24) is 10.2 Å². The standard InChI is InChI=1S/C16H25N3O.2ClH/c1-13-7-10-19(11-8-13)12-9-18-16(20)15(17)14-5-3-2-4-6-14;;/h2-6,13,15H,7-12,17H2,1H3,(H,18,20);2*1H. The van der Waals surface area contributed by atoms with Crippen LogP contribution >= 0.6 is 24.8 Å². The van der Waals surface area contributed by atoms with Crippen LogP contribution in [0.4, 0.5) is 0 Å². The number of benzene rings is 1. The van der Waals surface area contributed by atoms with Crippen LogP contribution in [0.5, 0.6) is 0 Å². The lowest BCUT2D eigenvalue weighted by molar-refractivity contribution is -0.122. The number of amides is 1. The number of hydrogen-bond donors (Lipinski definition) is 2. The quantitative estimate of drug-likeness (QED) is 0.859. The van der Waals surface area contributed by atoms with Gasteiger partial charge in [0, 0.05) is 13.1 Å². The Kier molecular flexibility index (Phi) is 10.4. The maximum Gasteiger partial charge on any atom is 0.241 e. The molecule has 0 saturated carbocycles. The zero-order valence-electron chi connectivity index (χ0n) is 13.0. The number of hydrogen-bond acceptors (Lipinski definition) is 3. The molecule has 1 fully saturated rings. The Morgan fingerprint density at radius 3 is 2.45 bits per heavy atom. The van der Waals surface area contributed by atoms with Crippen LogP contribution in [0.3, 0.4) is 0 Å². The van der Waals surface area contributed by atoms with Gasteiger partial charge in [0.2, 0.25) is 5.91 Å². The Hall–Kier alpha value is -0.810. The number of nitrogens with zero attached hydrogens (tertiary/aromatic N) is 1. The molecule has 1 aromatic rings. The minimum Gasteiger partial charge on any atom is -0.353 e. The van der Waals surface area contributed by atoms with Gasteiger partial charge in [-0.2, -0.15) is 0 Å². The molecule has 2 rings (SSSR count). The molecular weight excluding hydrogens is 321 g/mol. The lowest BCUT2D eigenvalue weighted by Gasteiger charge is -2.30. The highest BCUT2D eigenvalue weighted by molar-refractivity contribution is 5.85. The van der Waals surface area contributed by atoms with E-state index in [1.165, 1.54) is 12.8 Å². The van der Waals surface area contributed by atoms with Crippen molar-refractivity contribution in [3.05, 3.63) is 35.9 Å². The molecule has 1 aliphatic rings. The number of likely N-dealkylation sites (tertiary alicyclic amines) is 1. The average Bonchev–Trinajstić information content (AvgIpc) is 2.49. The SMILES string of the molecule is CC1CCN(CCNC(=O)C(N)c2ccccc2)CC1.Cl.Cl. The van der Waals surface area contributed by atoms with Crippen LogP contribution in [-0.4, -0.2) is 37.0 Å². The Balaban J connectivity index is 0.00000220. The molecule has 1 amide bonds. The number of carbonyl (C=O) groups excluding carboxylic acids is 1. The van der Waals surface area contributed by atoms with Crippen LogP contribution in [0.25, 0.3) is 0 Å². The molecule has 1 atom stereocenters. The fourth-order valence-electron chi connectivity index (χ4n) is 2.54. The van der Waals surface area contributed by atoms with Gasteiger partial charge in [-0.1, -0.05) is 37.3 Å². The van der Waals surface area contributed by atoms with Crippen LogP contribution in [-0.2, 0) is 4.79 Å². The number of nitrogens with one attached hydrogen (secondary N) is 1. The highest BCUT2D eigenvalue weighted by Crippen LogP contribution is 2.15. The van der Waals surface area contributed by atoms with Gasteiger partial charge in [0.25, 0.3) is 0 Å². The number of nitrogens with two attached hydrogens (primary N) is 1. The van der Waals surface area contributed by atoms with E-state index in [4.69, 9.17) is 5.73 Å². The number of piperidine rings is 1. The van der Waals surface area contributed by atoms with Crippen LogP contribution in [0.1, 0.15) is 31.4 Å². The van der Waals surface area contributed by atoms with E-state index in [1.807, 2.05) is 30.3 Å². The molecule has 1 saturated heterocycles. The second-order valence-corrected chi connectivity index (χ2v) is 5.70. The zero-order chi connectivity index (χ0) is 14.4. The molecule has 4 nitrogen and oxygen atoms in total. The highest BCUT2D eigenvalue weighted by atomic mass is 35.5. The van der Waals surface area contributed by atoms with E-state index in [0.717, 1.165) is 31.1 Å². The summed E-state index contributed by atoms with van der Waals surface area (Å²) in [5, 5.41) is 2.93. The van der Waals surface area contributed by atoms with E-state index in [1.54, 1.807) is 0 Å². The van der Waals surface area contributed by atoms with E-state index >= 15 is 0 Å². The van der Waals surface area contributed by atoms with Gasteiger partial charge in [-0.3, -0.25) is 4.79 Å². The average molecular weight is 348 g/mol. The van der Waals surface area contributed by atoms with Gasteiger partial charge >= 0.3 is 0 Å². The minimum absolute atomic E-state index is 0. The summed E-state index contributed by atoms with van der Waals surface area (Å²) in [6.45, 7) is 6.18. The summed E-state index contributed by atoms with van der Waals surface area (Å²) in [7, 11) is 0.